The van der Waals surface area contributed by atoms with Crippen molar-refractivity contribution in [1.82, 2.24) is 0 Å². The monoisotopic (exact) mass is 337 g/mol. The molecule has 0 aromatic heterocycles. The van der Waals surface area contributed by atoms with E-state index < -0.39 is 5.97 Å². The molecule has 1 aliphatic rings. The fourth-order valence-corrected chi connectivity index (χ4v) is 2.84. The zero-order chi connectivity index (χ0) is 14.8. The summed E-state index contributed by atoms with van der Waals surface area (Å²) in [5.41, 5.74) is 2.46. The van der Waals surface area contributed by atoms with Crippen molar-refractivity contribution < 1.29 is 9.90 Å². The van der Waals surface area contributed by atoms with Gasteiger partial charge in [-0.1, -0.05) is 29.8 Å². The van der Waals surface area contributed by atoms with Crippen molar-refractivity contribution in [3.05, 3.63) is 34.3 Å². The maximum absolute atomic E-state index is 10.7. The van der Waals surface area contributed by atoms with Gasteiger partial charge in [-0.2, -0.15) is 0 Å². The number of piperidine rings is 1. The van der Waals surface area contributed by atoms with Crippen LogP contribution < -0.4 is 4.90 Å². The maximum atomic E-state index is 10.7. The third-order valence-corrected chi connectivity index (χ3v) is 4.35. The molecule has 1 aromatic rings. The first-order valence-corrected chi connectivity index (χ1v) is 7.62. The first kappa shape index (κ1) is 15.1. The molecule has 0 radical (unpaired) electrons. The number of nitrogens with zero attached hydrogens (tertiary/aromatic N) is 1. The quantitative estimate of drug-likeness (QED) is 0.841. The summed E-state index contributed by atoms with van der Waals surface area (Å²) in [6, 6.07) is 6.03. The smallest absolute Gasteiger partial charge is 0.328 e. The number of aliphatic carboxylic acids is 1. The minimum atomic E-state index is -0.921. The Bertz CT molecular complexity index is 527. The van der Waals surface area contributed by atoms with E-state index in [2.05, 4.69) is 40.7 Å². The van der Waals surface area contributed by atoms with Crippen LogP contribution in [0.25, 0.3) is 6.08 Å². The number of carboxylic acids is 1. The van der Waals surface area contributed by atoms with Gasteiger partial charge in [-0.15, -0.1) is 0 Å². The number of carboxylic acid groups (broad SMARTS) is 1. The van der Waals surface area contributed by atoms with Gasteiger partial charge in [-0.25, -0.2) is 4.79 Å². The molecule has 0 spiro atoms. The number of halogens is 1. The van der Waals surface area contributed by atoms with Crippen LogP contribution in [-0.2, 0) is 4.79 Å². The van der Waals surface area contributed by atoms with Crippen molar-refractivity contribution in [1.29, 1.82) is 0 Å². The Hall–Kier alpha value is -1.29. The predicted octanol–water partition coefficient (Wildman–Crippen LogP) is 4.17. The molecule has 0 unspecified atom stereocenters. The summed E-state index contributed by atoms with van der Waals surface area (Å²) in [7, 11) is 0. The lowest BCUT2D eigenvalue weighted by Crippen LogP contribution is -2.37. The molecule has 0 bridgehead atoms. The molecular weight excluding hydrogens is 318 g/mol. The Morgan fingerprint density at radius 3 is 2.60 bits per heavy atom. The number of rotatable bonds is 3. The maximum Gasteiger partial charge on any atom is 0.328 e. The minimum absolute atomic E-state index is 0.406. The Kier molecular flexibility index (Phi) is 4.53. The Balaban J connectivity index is 2.25. The molecule has 0 atom stereocenters. The fraction of sp³-hybridized carbons (Fsp3) is 0.438. The molecule has 0 saturated carbocycles. The van der Waals surface area contributed by atoms with Gasteiger partial charge in [0, 0.05) is 29.3 Å². The van der Waals surface area contributed by atoms with E-state index in [-0.39, 0.29) is 0 Å². The SMILES string of the molecule is CC1(C)CCN(c2ccc(Br)cc2/C=C/C(=O)O)CC1. The van der Waals surface area contributed by atoms with E-state index in [1.54, 1.807) is 6.08 Å². The Morgan fingerprint density at radius 1 is 1.35 bits per heavy atom. The second kappa shape index (κ2) is 6.00. The van der Waals surface area contributed by atoms with E-state index in [9.17, 15) is 4.79 Å². The first-order valence-electron chi connectivity index (χ1n) is 6.83. The highest BCUT2D eigenvalue weighted by Crippen LogP contribution is 2.34. The van der Waals surface area contributed by atoms with Crippen LogP contribution in [0.1, 0.15) is 32.3 Å². The van der Waals surface area contributed by atoms with Gasteiger partial charge < -0.3 is 10.0 Å². The van der Waals surface area contributed by atoms with E-state index in [4.69, 9.17) is 5.11 Å². The predicted molar refractivity (Wildman–Crippen MR) is 86.0 cm³/mol. The Labute approximate surface area is 128 Å². The van der Waals surface area contributed by atoms with Crippen molar-refractivity contribution in [3.8, 4) is 0 Å². The molecule has 1 aliphatic heterocycles. The molecule has 108 valence electrons. The van der Waals surface area contributed by atoms with Gasteiger partial charge in [0.1, 0.15) is 0 Å². The topological polar surface area (TPSA) is 40.5 Å². The van der Waals surface area contributed by atoms with Crippen LogP contribution >= 0.6 is 15.9 Å². The summed E-state index contributed by atoms with van der Waals surface area (Å²) in [6.45, 7) is 6.64. The summed E-state index contributed by atoms with van der Waals surface area (Å²) < 4.78 is 0.962. The van der Waals surface area contributed by atoms with Gasteiger partial charge >= 0.3 is 5.97 Å². The van der Waals surface area contributed by atoms with Crippen molar-refractivity contribution in [2.45, 2.75) is 26.7 Å². The lowest BCUT2D eigenvalue weighted by Gasteiger charge is -2.38. The summed E-state index contributed by atoms with van der Waals surface area (Å²) >= 11 is 3.45. The van der Waals surface area contributed by atoms with E-state index in [1.807, 2.05) is 12.1 Å². The van der Waals surface area contributed by atoms with Gasteiger partial charge in [0.05, 0.1) is 0 Å². The molecule has 1 heterocycles. The molecule has 1 saturated heterocycles. The second-order valence-electron chi connectivity index (χ2n) is 6.03. The van der Waals surface area contributed by atoms with E-state index in [0.717, 1.165) is 41.7 Å². The minimum Gasteiger partial charge on any atom is -0.478 e. The largest absolute Gasteiger partial charge is 0.478 e. The van der Waals surface area contributed by atoms with Crippen LogP contribution in [0, 0.1) is 5.41 Å². The Morgan fingerprint density at radius 2 is 2.00 bits per heavy atom. The number of carbonyl (C=O) groups is 1. The lowest BCUT2D eigenvalue weighted by molar-refractivity contribution is -0.131. The van der Waals surface area contributed by atoms with Crippen LogP contribution in [-0.4, -0.2) is 24.2 Å². The molecule has 0 aliphatic carbocycles. The van der Waals surface area contributed by atoms with E-state index >= 15 is 0 Å². The average Bonchev–Trinajstić information content (AvgIpc) is 2.37. The van der Waals surface area contributed by atoms with Crippen LogP contribution in [0.3, 0.4) is 0 Å². The van der Waals surface area contributed by atoms with Gasteiger partial charge in [0.2, 0.25) is 0 Å². The number of benzene rings is 1. The van der Waals surface area contributed by atoms with E-state index in [1.165, 1.54) is 6.08 Å². The molecule has 4 heteroatoms. The van der Waals surface area contributed by atoms with Gasteiger partial charge in [0.15, 0.2) is 0 Å². The van der Waals surface area contributed by atoms with Crippen molar-refractivity contribution in [3.63, 3.8) is 0 Å². The highest BCUT2D eigenvalue weighted by atomic mass is 79.9. The van der Waals surface area contributed by atoms with Crippen LogP contribution in [0.15, 0.2) is 28.7 Å². The van der Waals surface area contributed by atoms with Crippen LogP contribution in [0.4, 0.5) is 5.69 Å². The zero-order valence-corrected chi connectivity index (χ0v) is 13.5. The normalized spacial score (nSPS) is 18.4. The van der Waals surface area contributed by atoms with Crippen LogP contribution in [0.5, 0.6) is 0 Å². The summed E-state index contributed by atoms with van der Waals surface area (Å²) in [4.78, 5) is 13.1. The number of hydrogen-bond donors (Lipinski definition) is 1. The van der Waals surface area contributed by atoms with Crippen molar-refractivity contribution >= 4 is 33.7 Å². The molecule has 20 heavy (non-hydrogen) atoms. The van der Waals surface area contributed by atoms with Gasteiger partial charge in [0.25, 0.3) is 0 Å². The standard InChI is InChI=1S/C16H20BrNO2/c1-16(2)7-9-18(10-8-16)14-5-4-13(17)11-12(14)3-6-15(19)20/h3-6,11H,7-10H2,1-2H3,(H,19,20)/b6-3+. The third-order valence-electron chi connectivity index (χ3n) is 3.85. The van der Waals surface area contributed by atoms with Crippen molar-refractivity contribution in [2.75, 3.05) is 18.0 Å². The lowest BCUT2D eigenvalue weighted by atomic mass is 9.82. The number of anilines is 1. The highest BCUT2D eigenvalue weighted by Gasteiger charge is 2.26. The summed E-state index contributed by atoms with van der Waals surface area (Å²) in [5, 5.41) is 8.80. The molecule has 2 rings (SSSR count). The van der Waals surface area contributed by atoms with Gasteiger partial charge in [-0.05, 0) is 48.1 Å². The van der Waals surface area contributed by atoms with Crippen molar-refractivity contribution in [2.24, 2.45) is 5.41 Å². The zero-order valence-electron chi connectivity index (χ0n) is 11.9. The highest BCUT2D eigenvalue weighted by molar-refractivity contribution is 9.10. The number of hydrogen-bond acceptors (Lipinski definition) is 2. The molecular formula is C16H20BrNO2. The van der Waals surface area contributed by atoms with E-state index in [0.29, 0.717) is 5.41 Å². The van der Waals surface area contributed by atoms with Gasteiger partial charge in [-0.3, -0.25) is 0 Å². The molecule has 1 fully saturated rings. The molecule has 1 N–H and O–H groups in total. The average molecular weight is 338 g/mol. The molecule has 3 nitrogen and oxygen atoms in total. The molecule has 0 amide bonds. The summed E-state index contributed by atoms with van der Waals surface area (Å²) in [5.74, 6) is -0.921. The fourth-order valence-electron chi connectivity index (χ4n) is 2.46. The third kappa shape index (κ3) is 3.85. The summed E-state index contributed by atoms with van der Waals surface area (Å²) in [6.07, 6.45) is 5.18. The second-order valence-corrected chi connectivity index (χ2v) is 6.94. The first-order chi connectivity index (χ1) is 9.37. The van der Waals surface area contributed by atoms with Crippen LogP contribution in [0.2, 0.25) is 0 Å². The molecule has 1 aromatic carbocycles.